The SMILES string of the molecule is CC(NC1(CNC(=O)c2cccc(N)c2)CCCC1)c1ccccc1. The summed E-state index contributed by atoms with van der Waals surface area (Å²) < 4.78 is 0. The molecule has 0 aromatic heterocycles. The number of benzene rings is 2. The van der Waals surface area contributed by atoms with Crippen molar-refractivity contribution >= 4 is 11.6 Å². The van der Waals surface area contributed by atoms with Crippen molar-refractivity contribution in [2.24, 2.45) is 0 Å². The molecular formula is C21H27N3O. The maximum atomic E-state index is 12.5. The van der Waals surface area contributed by atoms with Gasteiger partial charge in [0.1, 0.15) is 0 Å². The van der Waals surface area contributed by atoms with Gasteiger partial charge in [-0.2, -0.15) is 0 Å². The normalized spacial score (nSPS) is 17.2. The molecule has 3 rings (SSSR count). The van der Waals surface area contributed by atoms with E-state index in [1.54, 1.807) is 18.2 Å². The van der Waals surface area contributed by atoms with Crippen molar-refractivity contribution in [3.8, 4) is 0 Å². The molecule has 1 unspecified atom stereocenters. The molecule has 4 N–H and O–H groups in total. The summed E-state index contributed by atoms with van der Waals surface area (Å²) in [6.07, 6.45) is 4.56. The number of hydrogen-bond donors (Lipinski definition) is 3. The number of nitrogens with one attached hydrogen (secondary N) is 2. The highest BCUT2D eigenvalue weighted by atomic mass is 16.1. The lowest BCUT2D eigenvalue weighted by molar-refractivity contribution is 0.0936. The van der Waals surface area contributed by atoms with E-state index in [0.29, 0.717) is 17.8 Å². The van der Waals surface area contributed by atoms with Gasteiger partial charge in [-0.15, -0.1) is 0 Å². The summed E-state index contributed by atoms with van der Waals surface area (Å²) in [5.74, 6) is -0.0623. The molecule has 1 aliphatic carbocycles. The van der Waals surface area contributed by atoms with Crippen LogP contribution in [0, 0.1) is 0 Å². The van der Waals surface area contributed by atoms with Crippen LogP contribution in [0.3, 0.4) is 0 Å². The van der Waals surface area contributed by atoms with Gasteiger partial charge < -0.3 is 16.4 Å². The van der Waals surface area contributed by atoms with Crippen molar-refractivity contribution in [3.05, 3.63) is 65.7 Å². The third-order valence-electron chi connectivity index (χ3n) is 5.12. The number of carbonyl (C=O) groups is 1. The van der Waals surface area contributed by atoms with Crippen LogP contribution < -0.4 is 16.4 Å². The number of nitrogens with two attached hydrogens (primary N) is 1. The van der Waals surface area contributed by atoms with E-state index in [-0.39, 0.29) is 17.5 Å². The molecule has 1 amide bonds. The van der Waals surface area contributed by atoms with Gasteiger partial charge >= 0.3 is 0 Å². The zero-order valence-electron chi connectivity index (χ0n) is 14.8. The van der Waals surface area contributed by atoms with Crippen molar-refractivity contribution in [1.29, 1.82) is 0 Å². The molecule has 4 nitrogen and oxygen atoms in total. The largest absolute Gasteiger partial charge is 0.399 e. The van der Waals surface area contributed by atoms with Gasteiger partial charge in [-0.1, -0.05) is 49.2 Å². The number of hydrogen-bond acceptors (Lipinski definition) is 3. The summed E-state index contributed by atoms with van der Waals surface area (Å²) >= 11 is 0. The predicted molar refractivity (Wildman–Crippen MR) is 102 cm³/mol. The highest BCUT2D eigenvalue weighted by molar-refractivity contribution is 5.95. The fourth-order valence-corrected chi connectivity index (χ4v) is 3.74. The molecule has 25 heavy (non-hydrogen) atoms. The van der Waals surface area contributed by atoms with E-state index in [9.17, 15) is 4.79 Å². The van der Waals surface area contributed by atoms with E-state index >= 15 is 0 Å². The maximum absolute atomic E-state index is 12.5. The van der Waals surface area contributed by atoms with Crippen molar-refractivity contribution < 1.29 is 4.79 Å². The van der Waals surface area contributed by atoms with Crippen LogP contribution in [-0.2, 0) is 0 Å². The maximum Gasteiger partial charge on any atom is 0.251 e. The van der Waals surface area contributed by atoms with E-state index < -0.39 is 0 Å². The van der Waals surface area contributed by atoms with Crippen LogP contribution in [0.15, 0.2) is 54.6 Å². The van der Waals surface area contributed by atoms with Crippen LogP contribution in [0.1, 0.15) is 54.6 Å². The first-order valence-corrected chi connectivity index (χ1v) is 9.04. The van der Waals surface area contributed by atoms with E-state index in [0.717, 1.165) is 12.8 Å². The third kappa shape index (κ3) is 4.40. The Bertz CT molecular complexity index is 708. The Labute approximate surface area is 149 Å². The highest BCUT2D eigenvalue weighted by Crippen LogP contribution is 2.32. The molecule has 2 aromatic carbocycles. The minimum atomic E-state index is -0.0623. The summed E-state index contributed by atoms with van der Waals surface area (Å²) in [6, 6.07) is 17.8. The quantitative estimate of drug-likeness (QED) is 0.705. The molecule has 0 radical (unpaired) electrons. The van der Waals surface area contributed by atoms with Gasteiger partial charge in [0, 0.05) is 29.4 Å². The lowest BCUT2D eigenvalue weighted by Crippen LogP contribution is -2.52. The van der Waals surface area contributed by atoms with Crippen molar-refractivity contribution in [2.75, 3.05) is 12.3 Å². The zero-order chi connectivity index (χ0) is 17.7. The second-order valence-corrected chi connectivity index (χ2v) is 7.07. The van der Waals surface area contributed by atoms with Gasteiger partial charge in [-0.25, -0.2) is 0 Å². The molecule has 2 aromatic rings. The van der Waals surface area contributed by atoms with Crippen molar-refractivity contribution in [2.45, 2.75) is 44.2 Å². The van der Waals surface area contributed by atoms with Crippen LogP contribution >= 0.6 is 0 Å². The Kier molecular flexibility index (Phi) is 5.39. The first-order valence-electron chi connectivity index (χ1n) is 9.04. The molecule has 1 fully saturated rings. The molecule has 0 bridgehead atoms. The Morgan fingerprint density at radius 1 is 1.12 bits per heavy atom. The molecule has 132 valence electrons. The number of amides is 1. The second kappa shape index (κ2) is 7.70. The molecule has 1 aliphatic rings. The van der Waals surface area contributed by atoms with Gasteiger partial charge in [0.05, 0.1) is 0 Å². The molecule has 0 spiro atoms. The first kappa shape index (κ1) is 17.5. The lowest BCUT2D eigenvalue weighted by atomic mass is 9.94. The zero-order valence-corrected chi connectivity index (χ0v) is 14.8. The summed E-state index contributed by atoms with van der Waals surface area (Å²) in [5, 5.41) is 6.90. The summed E-state index contributed by atoms with van der Waals surface area (Å²) in [5.41, 5.74) is 8.24. The first-order chi connectivity index (χ1) is 12.1. The van der Waals surface area contributed by atoms with E-state index in [1.165, 1.54) is 18.4 Å². The molecule has 0 saturated heterocycles. The van der Waals surface area contributed by atoms with Gasteiger partial charge in [0.25, 0.3) is 5.91 Å². The van der Waals surface area contributed by atoms with Crippen molar-refractivity contribution in [3.63, 3.8) is 0 Å². The summed E-state index contributed by atoms with van der Waals surface area (Å²) in [7, 11) is 0. The average molecular weight is 337 g/mol. The lowest BCUT2D eigenvalue weighted by Gasteiger charge is -2.34. The monoisotopic (exact) mass is 337 g/mol. The van der Waals surface area contributed by atoms with Gasteiger partial charge in [-0.3, -0.25) is 4.79 Å². The Balaban J connectivity index is 1.65. The van der Waals surface area contributed by atoms with Crippen LogP contribution in [0.2, 0.25) is 0 Å². The van der Waals surface area contributed by atoms with Gasteiger partial charge in [-0.05, 0) is 43.5 Å². The number of anilines is 1. The average Bonchev–Trinajstić information content (AvgIpc) is 3.09. The Morgan fingerprint density at radius 2 is 1.84 bits per heavy atom. The summed E-state index contributed by atoms with van der Waals surface area (Å²) in [6.45, 7) is 2.83. The number of carbonyl (C=O) groups excluding carboxylic acids is 1. The van der Waals surface area contributed by atoms with E-state index in [1.807, 2.05) is 12.1 Å². The molecule has 0 heterocycles. The van der Waals surface area contributed by atoms with Gasteiger partial charge in [0.2, 0.25) is 0 Å². The minimum absolute atomic E-state index is 0.0365. The molecule has 1 saturated carbocycles. The fourth-order valence-electron chi connectivity index (χ4n) is 3.74. The Hall–Kier alpha value is -2.33. The van der Waals surface area contributed by atoms with Crippen molar-refractivity contribution in [1.82, 2.24) is 10.6 Å². The topological polar surface area (TPSA) is 67.1 Å². The Morgan fingerprint density at radius 3 is 2.52 bits per heavy atom. The smallest absolute Gasteiger partial charge is 0.251 e. The standard InChI is InChI=1S/C21H27N3O/c1-16(17-8-3-2-4-9-17)24-21(12-5-6-13-21)15-23-20(25)18-10-7-11-19(22)14-18/h2-4,7-11,14,16,24H,5-6,12-13,15,22H2,1H3,(H,23,25). The molecular weight excluding hydrogens is 310 g/mol. The summed E-state index contributed by atoms with van der Waals surface area (Å²) in [4.78, 5) is 12.5. The fraction of sp³-hybridized carbons (Fsp3) is 0.381. The van der Waals surface area contributed by atoms with Gasteiger partial charge in [0.15, 0.2) is 0 Å². The number of rotatable bonds is 6. The van der Waals surface area contributed by atoms with Crippen LogP contribution in [0.5, 0.6) is 0 Å². The predicted octanol–water partition coefficient (Wildman–Crippen LogP) is 3.66. The third-order valence-corrected chi connectivity index (χ3v) is 5.12. The number of nitrogen functional groups attached to an aromatic ring is 1. The molecule has 4 heteroatoms. The van der Waals surface area contributed by atoms with E-state index in [4.69, 9.17) is 5.73 Å². The minimum Gasteiger partial charge on any atom is -0.399 e. The molecule has 1 atom stereocenters. The van der Waals surface area contributed by atoms with Crippen LogP contribution in [-0.4, -0.2) is 18.0 Å². The second-order valence-electron chi connectivity index (χ2n) is 7.07. The molecule has 0 aliphatic heterocycles. The van der Waals surface area contributed by atoms with Crippen LogP contribution in [0.25, 0.3) is 0 Å². The highest BCUT2D eigenvalue weighted by Gasteiger charge is 2.35. The van der Waals surface area contributed by atoms with E-state index in [2.05, 4.69) is 41.8 Å². The van der Waals surface area contributed by atoms with Crippen LogP contribution in [0.4, 0.5) is 5.69 Å².